The number of nitrogens with zero attached hydrogens (tertiary/aromatic N) is 1. The van der Waals surface area contributed by atoms with Crippen molar-refractivity contribution in [2.24, 2.45) is 0 Å². The topological polar surface area (TPSA) is 112 Å². The molecule has 0 spiro atoms. The fourth-order valence-electron chi connectivity index (χ4n) is 3.00. The van der Waals surface area contributed by atoms with Crippen LogP contribution in [0, 0.1) is 32.1 Å². The zero-order valence-corrected chi connectivity index (χ0v) is 17.1. The lowest BCUT2D eigenvalue weighted by Gasteiger charge is -2.15. The molecule has 7 heteroatoms. The third kappa shape index (κ3) is 5.79. The molecule has 29 heavy (non-hydrogen) atoms. The van der Waals surface area contributed by atoms with E-state index in [4.69, 9.17) is 10.00 Å². The van der Waals surface area contributed by atoms with Gasteiger partial charge in [-0.05, 0) is 50.8 Å². The lowest BCUT2D eigenvalue weighted by Crippen LogP contribution is -2.35. The van der Waals surface area contributed by atoms with Gasteiger partial charge in [-0.25, -0.2) is 0 Å². The number of amides is 1. The monoisotopic (exact) mass is 395 g/mol. The van der Waals surface area contributed by atoms with Gasteiger partial charge in [-0.3, -0.25) is 14.4 Å². The summed E-state index contributed by atoms with van der Waals surface area (Å²) >= 11 is 0. The number of H-pyrrole nitrogens is 1. The number of ether oxygens (including phenoxy) is 1. The van der Waals surface area contributed by atoms with Crippen LogP contribution in [0.3, 0.4) is 0 Å². The second-order valence-corrected chi connectivity index (χ2v) is 7.00. The van der Waals surface area contributed by atoms with Crippen LogP contribution in [0.2, 0.25) is 0 Å². The fourth-order valence-corrected chi connectivity index (χ4v) is 3.00. The van der Waals surface area contributed by atoms with E-state index in [9.17, 15) is 14.4 Å². The number of aromatic nitrogens is 1. The smallest absolute Gasteiger partial charge is 0.306 e. The number of esters is 1. The van der Waals surface area contributed by atoms with Gasteiger partial charge in [0.05, 0.1) is 0 Å². The van der Waals surface area contributed by atoms with Gasteiger partial charge in [0.2, 0.25) is 0 Å². The summed E-state index contributed by atoms with van der Waals surface area (Å²) in [4.78, 5) is 38.7. The van der Waals surface area contributed by atoms with Crippen LogP contribution in [0.15, 0.2) is 29.1 Å². The fraction of sp³-hybridized carbons (Fsp3) is 0.364. The molecular formula is C22H25N3O4. The van der Waals surface area contributed by atoms with Crippen LogP contribution in [-0.2, 0) is 27.3 Å². The average Bonchev–Trinajstić information content (AvgIpc) is 2.67. The Labute approximate surface area is 169 Å². The molecule has 2 aromatic rings. The summed E-state index contributed by atoms with van der Waals surface area (Å²) in [6.07, 6.45) is -0.575. The minimum atomic E-state index is -0.916. The van der Waals surface area contributed by atoms with E-state index in [0.717, 1.165) is 16.7 Å². The molecule has 1 aromatic heterocycles. The maximum atomic E-state index is 12.2. The van der Waals surface area contributed by atoms with E-state index in [1.807, 2.05) is 37.3 Å². The highest BCUT2D eigenvalue weighted by atomic mass is 16.5. The van der Waals surface area contributed by atoms with Crippen molar-refractivity contribution in [3.05, 3.63) is 68.1 Å². The molecule has 2 rings (SSSR count). The molecule has 0 aliphatic heterocycles. The molecule has 0 radical (unpaired) electrons. The Bertz CT molecular complexity index is 1000. The van der Waals surface area contributed by atoms with Crippen LogP contribution in [0.25, 0.3) is 0 Å². The minimum Gasteiger partial charge on any atom is -0.453 e. The van der Waals surface area contributed by atoms with E-state index >= 15 is 0 Å². The molecule has 0 saturated heterocycles. The first-order valence-electron chi connectivity index (χ1n) is 9.38. The summed E-state index contributed by atoms with van der Waals surface area (Å²) in [5, 5.41) is 11.9. The largest absolute Gasteiger partial charge is 0.453 e. The summed E-state index contributed by atoms with van der Waals surface area (Å²) in [6, 6.07) is 9.66. The summed E-state index contributed by atoms with van der Waals surface area (Å²) in [6.45, 7) is 7.27. The SMILES string of the molecule is Cc1ccc(CNC(=O)[C@H](C)OC(=O)CCc2c(C)[nH]c(=O)c(C#N)c2C)cc1. The van der Waals surface area contributed by atoms with Crippen molar-refractivity contribution in [3.63, 3.8) is 0 Å². The molecule has 0 aliphatic carbocycles. The average molecular weight is 395 g/mol. The van der Waals surface area contributed by atoms with E-state index in [2.05, 4.69) is 10.3 Å². The van der Waals surface area contributed by atoms with Gasteiger partial charge < -0.3 is 15.0 Å². The second-order valence-electron chi connectivity index (χ2n) is 7.00. The van der Waals surface area contributed by atoms with E-state index in [1.165, 1.54) is 6.92 Å². The summed E-state index contributed by atoms with van der Waals surface area (Å²) < 4.78 is 5.21. The molecule has 2 N–H and O–H groups in total. The predicted octanol–water partition coefficient (Wildman–Crippen LogP) is 2.35. The highest BCUT2D eigenvalue weighted by molar-refractivity contribution is 5.83. The Morgan fingerprint density at radius 3 is 2.48 bits per heavy atom. The van der Waals surface area contributed by atoms with Gasteiger partial charge in [0.25, 0.3) is 11.5 Å². The number of carbonyl (C=O) groups is 2. The molecule has 0 bridgehead atoms. The Morgan fingerprint density at radius 2 is 1.86 bits per heavy atom. The van der Waals surface area contributed by atoms with E-state index in [0.29, 0.717) is 24.2 Å². The first kappa shape index (κ1) is 21.9. The summed E-state index contributed by atoms with van der Waals surface area (Å²) in [7, 11) is 0. The number of aromatic amines is 1. The van der Waals surface area contributed by atoms with Gasteiger partial charge in [-0.15, -0.1) is 0 Å². The normalized spacial score (nSPS) is 11.4. The van der Waals surface area contributed by atoms with Crippen molar-refractivity contribution in [2.45, 2.75) is 53.2 Å². The molecule has 1 atom stereocenters. The number of pyridine rings is 1. The molecule has 1 amide bonds. The van der Waals surface area contributed by atoms with Crippen molar-refractivity contribution in [1.82, 2.24) is 10.3 Å². The molecule has 7 nitrogen and oxygen atoms in total. The maximum absolute atomic E-state index is 12.2. The number of hydrogen-bond donors (Lipinski definition) is 2. The van der Waals surface area contributed by atoms with Crippen LogP contribution in [0.5, 0.6) is 0 Å². The molecular weight excluding hydrogens is 370 g/mol. The highest BCUT2D eigenvalue weighted by Gasteiger charge is 2.19. The lowest BCUT2D eigenvalue weighted by atomic mass is 9.99. The number of hydrogen-bond acceptors (Lipinski definition) is 5. The van der Waals surface area contributed by atoms with Gasteiger partial charge in [0.1, 0.15) is 11.6 Å². The van der Waals surface area contributed by atoms with Crippen LogP contribution < -0.4 is 10.9 Å². The molecule has 0 aliphatic rings. The number of rotatable bonds is 7. The van der Waals surface area contributed by atoms with Crippen LogP contribution in [-0.4, -0.2) is 23.0 Å². The van der Waals surface area contributed by atoms with Gasteiger partial charge >= 0.3 is 5.97 Å². The Morgan fingerprint density at radius 1 is 1.21 bits per heavy atom. The Kier molecular flexibility index (Phi) is 7.32. The van der Waals surface area contributed by atoms with Crippen molar-refractivity contribution in [2.75, 3.05) is 0 Å². The van der Waals surface area contributed by atoms with Crippen molar-refractivity contribution in [1.29, 1.82) is 5.26 Å². The first-order chi connectivity index (χ1) is 13.7. The van der Waals surface area contributed by atoms with Gasteiger partial charge in [-0.2, -0.15) is 5.26 Å². The van der Waals surface area contributed by atoms with Crippen molar-refractivity contribution in [3.8, 4) is 6.07 Å². The third-order valence-corrected chi connectivity index (χ3v) is 4.76. The van der Waals surface area contributed by atoms with Gasteiger partial charge in [0.15, 0.2) is 6.10 Å². The van der Waals surface area contributed by atoms with Crippen LogP contribution >= 0.6 is 0 Å². The number of benzene rings is 1. The van der Waals surface area contributed by atoms with Crippen LogP contribution in [0.1, 0.15) is 46.9 Å². The minimum absolute atomic E-state index is 0.0359. The first-order valence-corrected chi connectivity index (χ1v) is 9.38. The lowest BCUT2D eigenvalue weighted by molar-refractivity contribution is -0.154. The quantitative estimate of drug-likeness (QED) is 0.699. The molecule has 0 fully saturated rings. The number of nitrogens with one attached hydrogen (secondary N) is 2. The standard InChI is InChI=1S/C22H25N3O4/c1-13-5-7-17(8-6-13)12-24-21(27)16(4)29-20(26)10-9-18-14(2)19(11-23)22(28)25-15(18)3/h5-8,16H,9-10,12H2,1-4H3,(H,24,27)(H,25,28)/t16-/m0/s1. The van der Waals surface area contributed by atoms with Crippen LogP contribution in [0.4, 0.5) is 0 Å². The third-order valence-electron chi connectivity index (χ3n) is 4.76. The maximum Gasteiger partial charge on any atom is 0.306 e. The van der Waals surface area contributed by atoms with Crippen molar-refractivity contribution < 1.29 is 14.3 Å². The zero-order valence-electron chi connectivity index (χ0n) is 17.1. The molecule has 1 heterocycles. The summed E-state index contributed by atoms with van der Waals surface area (Å²) in [5.74, 6) is -0.895. The number of aryl methyl sites for hydroxylation is 2. The zero-order chi connectivity index (χ0) is 21.6. The van der Waals surface area contributed by atoms with Gasteiger partial charge in [-0.1, -0.05) is 29.8 Å². The molecule has 0 saturated carbocycles. The highest BCUT2D eigenvalue weighted by Crippen LogP contribution is 2.15. The van der Waals surface area contributed by atoms with E-state index in [1.54, 1.807) is 13.8 Å². The number of nitriles is 1. The number of carbonyl (C=O) groups excluding carboxylic acids is 2. The van der Waals surface area contributed by atoms with Crippen molar-refractivity contribution >= 4 is 11.9 Å². The Hall–Kier alpha value is -3.40. The molecule has 152 valence electrons. The predicted molar refractivity (Wildman–Crippen MR) is 108 cm³/mol. The van der Waals surface area contributed by atoms with E-state index in [-0.39, 0.29) is 17.9 Å². The molecule has 1 aromatic carbocycles. The second kappa shape index (κ2) is 9.69. The van der Waals surface area contributed by atoms with E-state index < -0.39 is 17.6 Å². The molecule has 0 unspecified atom stereocenters. The van der Waals surface area contributed by atoms with Gasteiger partial charge in [0, 0.05) is 18.7 Å². The summed E-state index contributed by atoms with van der Waals surface area (Å²) in [5.41, 5.74) is 3.61. The Balaban J connectivity index is 1.89.